The van der Waals surface area contributed by atoms with E-state index in [9.17, 15) is 19.7 Å². The highest BCUT2D eigenvalue weighted by Gasteiger charge is 2.19. The van der Waals surface area contributed by atoms with Crippen LogP contribution in [0.1, 0.15) is 10.4 Å². The van der Waals surface area contributed by atoms with E-state index in [1.165, 1.54) is 35.3 Å². The number of aromatic nitrogens is 4. The zero-order valence-corrected chi connectivity index (χ0v) is 13.7. The van der Waals surface area contributed by atoms with E-state index < -0.39 is 10.8 Å². The van der Waals surface area contributed by atoms with Gasteiger partial charge in [0, 0.05) is 29.7 Å². The molecule has 0 atom stereocenters. The van der Waals surface area contributed by atoms with Gasteiger partial charge in [0.15, 0.2) is 0 Å². The van der Waals surface area contributed by atoms with Gasteiger partial charge in [0.2, 0.25) is 0 Å². The highest BCUT2D eigenvalue weighted by Crippen LogP contribution is 2.25. The Labute approximate surface area is 150 Å². The summed E-state index contributed by atoms with van der Waals surface area (Å²) >= 11 is 0. The molecule has 1 amide bonds. The number of imidazole rings is 2. The van der Waals surface area contributed by atoms with Crippen molar-refractivity contribution in [2.24, 2.45) is 0 Å². The van der Waals surface area contributed by atoms with Crippen molar-refractivity contribution >= 4 is 28.3 Å². The van der Waals surface area contributed by atoms with E-state index in [1.807, 2.05) is 0 Å². The van der Waals surface area contributed by atoms with Crippen molar-refractivity contribution in [2.45, 2.75) is 0 Å². The molecule has 0 aliphatic rings. The number of amides is 1. The summed E-state index contributed by atoms with van der Waals surface area (Å²) in [6.07, 6.45) is 4.52. The van der Waals surface area contributed by atoms with Crippen molar-refractivity contribution < 1.29 is 9.72 Å². The molecule has 0 aliphatic heterocycles. The minimum Gasteiger partial charge on any atom is -0.322 e. The van der Waals surface area contributed by atoms with Crippen LogP contribution in [0, 0.1) is 10.1 Å². The monoisotopic (exact) mass is 364 g/mol. The van der Waals surface area contributed by atoms with Gasteiger partial charge in [-0.25, -0.2) is 9.78 Å². The van der Waals surface area contributed by atoms with Crippen molar-refractivity contribution in [3.8, 4) is 5.69 Å². The molecule has 0 radical (unpaired) electrons. The number of hydrogen-bond donors (Lipinski definition) is 3. The van der Waals surface area contributed by atoms with Crippen LogP contribution >= 0.6 is 0 Å². The number of nitrogens with one attached hydrogen (secondary N) is 3. The van der Waals surface area contributed by atoms with Gasteiger partial charge in [-0.2, -0.15) is 0 Å². The van der Waals surface area contributed by atoms with Gasteiger partial charge in [-0.3, -0.25) is 14.9 Å². The Balaban J connectivity index is 1.65. The molecule has 10 nitrogen and oxygen atoms in total. The number of fused-ring (bicyclic) bond motifs is 1. The second kappa shape index (κ2) is 6.26. The molecule has 134 valence electrons. The molecule has 0 spiro atoms. The van der Waals surface area contributed by atoms with Gasteiger partial charge in [-0.1, -0.05) is 0 Å². The molecule has 0 saturated heterocycles. The Morgan fingerprint density at radius 3 is 2.70 bits per heavy atom. The number of carbonyl (C=O) groups excluding carboxylic acids is 1. The zero-order chi connectivity index (χ0) is 19.0. The maximum absolute atomic E-state index is 12.5. The number of nitrogens with zero attached hydrogens (tertiary/aromatic N) is 3. The Morgan fingerprint density at radius 1 is 1.15 bits per heavy atom. The van der Waals surface area contributed by atoms with Crippen LogP contribution in [0.2, 0.25) is 0 Å². The maximum atomic E-state index is 12.5. The maximum Gasteiger partial charge on any atom is 0.323 e. The molecule has 0 fully saturated rings. The summed E-state index contributed by atoms with van der Waals surface area (Å²) in [7, 11) is 0. The average molecular weight is 364 g/mol. The Hall–Kier alpha value is -4.21. The standard InChI is InChI=1S/C17H12N6O4/c24-16(19-11-2-3-12-13(8-11)21-17(25)20-12)10-1-4-14(15(7-10)23(26)27)22-6-5-18-9-22/h1-9H,(H,19,24)(H2,20,21,25). The second-order valence-electron chi connectivity index (χ2n) is 5.72. The lowest BCUT2D eigenvalue weighted by Crippen LogP contribution is -2.12. The van der Waals surface area contributed by atoms with Crippen LogP contribution in [-0.2, 0) is 0 Å². The smallest absolute Gasteiger partial charge is 0.322 e. The summed E-state index contributed by atoms with van der Waals surface area (Å²) in [6.45, 7) is 0. The van der Waals surface area contributed by atoms with Gasteiger partial charge in [-0.05, 0) is 30.3 Å². The zero-order valence-electron chi connectivity index (χ0n) is 13.7. The quantitative estimate of drug-likeness (QED) is 0.376. The van der Waals surface area contributed by atoms with Crippen molar-refractivity contribution in [3.05, 3.63) is 81.3 Å². The van der Waals surface area contributed by atoms with Crippen LogP contribution in [0.3, 0.4) is 0 Å². The van der Waals surface area contributed by atoms with Gasteiger partial charge in [-0.15, -0.1) is 0 Å². The molecule has 2 heterocycles. The third-order valence-corrected chi connectivity index (χ3v) is 3.99. The summed E-state index contributed by atoms with van der Waals surface area (Å²) in [5.41, 5.74) is 1.47. The van der Waals surface area contributed by atoms with Crippen LogP contribution in [0.25, 0.3) is 16.7 Å². The molecule has 0 bridgehead atoms. The van der Waals surface area contributed by atoms with Crippen LogP contribution in [0.5, 0.6) is 0 Å². The molecule has 4 aromatic rings. The number of carbonyl (C=O) groups is 1. The Kier molecular flexibility index (Phi) is 3.77. The van der Waals surface area contributed by atoms with E-state index in [0.29, 0.717) is 22.4 Å². The number of rotatable bonds is 4. The van der Waals surface area contributed by atoms with Gasteiger partial charge >= 0.3 is 5.69 Å². The number of hydrogen-bond acceptors (Lipinski definition) is 5. The fourth-order valence-corrected chi connectivity index (χ4v) is 2.74. The molecular formula is C17H12N6O4. The number of nitro groups is 1. The van der Waals surface area contributed by atoms with E-state index in [2.05, 4.69) is 20.3 Å². The first-order valence-electron chi connectivity index (χ1n) is 7.81. The van der Waals surface area contributed by atoms with Gasteiger partial charge in [0.25, 0.3) is 11.6 Å². The molecular weight excluding hydrogens is 352 g/mol. The molecule has 3 N–H and O–H groups in total. The fraction of sp³-hybridized carbons (Fsp3) is 0. The average Bonchev–Trinajstić information content (AvgIpc) is 3.29. The van der Waals surface area contributed by atoms with Crippen molar-refractivity contribution in [2.75, 3.05) is 5.32 Å². The lowest BCUT2D eigenvalue weighted by molar-refractivity contribution is -0.384. The first kappa shape index (κ1) is 16.3. The van der Waals surface area contributed by atoms with Crippen molar-refractivity contribution in [3.63, 3.8) is 0 Å². The summed E-state index contributed by atoms with van der Waals surface area (Å²) in [4.78, 5) is 43.7. The third kappa shape index (κ3) is 3.06. The Bertz CT molecular complexity index is 1220. The molecule has 2 aromatic carbocycles. The summed E-state index contributed by atoms with van der Waals surface area (Å²) < 4.78 is 1.50. The number of anilines is 1. The largest absolute Gasteiger partial charge is 0.323 e. The first-order valence-corrected chi connectivity index (χ1v) is 7.81. The van der Waals surface area contributed by atoms with E-state index in [4.69, 9.17) is 0 Å². The normalized spacial score (nSPS) is 10.8. The van der Waals surface area contributed by atoms with Crippen LogP contribution in [-0.4, -0.2) is 30.3 Å². The van der Waals surface area contributed by atoms with Crippen molar-refractivity contribution in [1.29, 1.82) is 0 Å². The summed E-state index contributed by atoms with van der Waals surface area (Å²) in [5.74, 6) is -0.507. The minimum atomic E-state index is -0.553. The molecule has 0 aliphatic carbocycles. The number of benzene rings is 2. The van der Waals surface area contributed by atoms with E-state index in [-0.39, 0.29) is 16.9 Å². The number of H-pyrrole nitrogens is 2. The lowest BCUT2D eigenvalue weighted by atomic mass is 10.1. The second-order valence-corrected chi connectivity index (χ2v) is 5.72. The lowest BCUT2D eigenvalue weighted by Gasteiger charge is -2.08. The summed E-state index contributed by atoms with van der Waals surface area (Å²) in [6, 6.07) is 9.06. The third-order valence-electron chi connectivity index (χ3n) is 3.99. The van der Waals surface area contributed by atoms with Crippen LogP contribution in [0.15, 0.2) is 59.9 Å². The predicted octanol–water partition coefficient (Wildman–Crippen LogP) is 2.20. The van der Waals surface area contributed by atoms with Gasteiger partial charge in [0.05, 0.1) is 22.3 Å². The SMILES string of the molecule is O=C(Nc1ccc2[nH]c(=O)[nH]c2c1)c1ccc(-n2ccnc2)c([N+](=O)[O-])c1. The number of nitro benzene ring substituents is 1. The van der Waals surface area contributed by atoms with Crippen molar-refractivity contribution in [1.82, 2.24) is 19.5 Å². The molecule has 2 aromatic heterocycles. The number of aromatic amines is 2. The summed E-state index contributed by atoms with van der Waals surface area (Å²) in [5, 5.41) is 14.1. The van der Waals surface area contributed by atoms with Crippen LogP contribution in [0.4, 0.5) is 11.4 Å². The first-order chi connectivity index (χ1) is 13.0. The minimum absolute atomic E-state index is 0.133. The molecule has 0 saturated carbocycles. The fourth-order valence-electron chi connectivity index (χ4n) is 2.74. The highest BCUT2D eigenvalue weighted by molar-refractivity contribution is 6.05. The van der Waals surface area contributed by atoms with Crippen LogP contribution < -0.4 is 11.0 Å². The van der Waals surface area contributed by atoms with E-state index in [0.717, 1.165) is 0 Å². The predicted molar refractivity (Wildman–Crippen MR) is 97.1 cm³/mol. The molecule has 4 rings (SSSR count). The molecule has 0 unspecified atom stereocenters. The highest BCUT2D eigenvalue weighted by atomic mass is 16.6. The Morgan fingerprint density at radius 2 is 1.96 bits per heavy atom. The van der Waals surface area contributed by atoms with Gasteiger partial charge in [0.1, 0.15) is 5.69 Å². The topological polar surface area (TPSA) is 139 Å². The van der Waals surface area contributed by atoms with E-state index >= 15 is 0 Å². The van der Waals surface area contributed by atoms with Gasteiger partial charge < -0.3 is 19.9 Å². The molecule has 27 heavy (non-hydrogen) atoms. The van der Waals surface area contributed by atoms with E-state index in [1.54, 1.807) is 24.4 Å². The molecule has 10 heteroatoms.